The van der Waals surface area contributed by atoms with Crippen LogP contribution in [0.3, 0.4) is 0 Å². The highest BCUT2D eigenvalue weighted by molar-refractivity contribution is 9.10. The number of rotatable bonds is 5. The Morgan fingerprint density at radius 2 is 2.00 bits per heavy atom. The summed E-state index contributed by atoms with van der Waals surface area (Å²) in [5.41, 5.74) is -1.72. The van der Waals surface area contributed by atoms with Gasteiger partial charge in [-0.2, -0.15) is 4.72 Å². The molecule has 1 unspecified atom stereocenters. The minimum absolute atomic E-state index is 0.309. The molecule has 1 saturated carbocycles. The number of aliphatic carboxylic acids is 1. The van der Waals surface area contributed by atoms with Crippen LogP contribution in [0, 0.1) is 17.6 Å². The van der Waals surface area contributed by atoms with Crippen molar-refractivity contribution in [3.8, 4) is 0 Å². The maximum Gasteiger partial charge on any atom is 0.324 e. The predicted octanol–water partition coefficient (Wildman–Crippen LogP) is 2.26. The van der Waals surface area contributed by atoms with Gasteiger partial charge in [-0.15, -0.1) is 0 Å². The molecule has 0 amide bonds. The Balaban J connectivity index is 2.46. The summed E-state index contributed by atoms with van der Waals surface area (Å²) in [7, 11) is -4.47. The first-order valence-corrected chi connectivity index (χ1v) is 8.27. The summed E-state index contributed by atoms with van der Waals surface area (Å²) in [6, 6.07) is 1.22. The van der Waals surface area contributed by atoms with Gasteiger partial charge in [0.25, 0.3) is 0 Å². The van der Waals surface area contributed by atoms with E-state index in [-0.39, 0.29) is 10.4 Å². The Bertz CT molecular complexity index is 682. The molecule has 0 bridgehead atoms. The third-order valence-corrected chi connectivity index (χ3v) is 5.95. The van der Waals surface area contributed by atoms with Gasteiger partial charge < -0.3 is 5.11 Å². The van der Waals surface area contributed by atoms with E-state index in [9.17, 15) is 27.1 Å². The van der Waals surface area contributed by atoms with Crippen LogP contribution in [0.4, 0.5) is 8.78 Å². The molecule has 2 N–H and O–H groups in total. The van der Waals surface area contributed by atoms with Crippen molar-refractivity contribution in [3.63, 3.8) is 0 Å². The fraction of sp³-hybridized carbons (Fsp3) is 0.417. The van der Waals surface area contributed by atoms with Crippen molar-refractivity contribution in [2.75, 3.05) is 0 Å². The molecule has 0 aromatic heterocycles. The number of carbonyl (C=O) groups is 1. The molecule has 0 spiro atoms. The lowest BCUT2D eigenvalue weighted by atomic mass is 9.98. The first kappa shape index (κ1) is 16.3. The van der Waals surface area contributed by atoms with E-state index >= 15 is 0 Å². The molecular weight excluding hydrogens is 372 g/mol. The molecule has 1 atom stereocenters. The van der Waals surface area contributed by atoms with Crippen molar-refractivity contribution >= 4 is 31.9 Å². The van der Waals surface area contributed by atoms with Gasteiger partial charge >= 0.3 is 5.97 Å². The van der Waals surface area contributed by atoms with Crippen LogP contribution in [0.15, 0.2) is 21.5 Å². The fourth-order valence-electron chi connectivity index (χ4n) is 2.08. The zero-order chi connectivity index (χ0) is 16.0. The van der Waals surface area contributed by atoms with Crippen LogP contribution in [0.2, 0.25) is 0 Å². The standard InChI is InChI=1S/C12H12BrF2NO4S/c1-12(11(17)18,6-2-3-6)16-21(19,20)10-8(13)4-7(14)5-9(10)15/h4-6,16H,2-3H2,1H3,(H,17,18). The third kappa shape index (κ3) is 3.09. The predicted molar refractivity (Wildman–Crippen MR) is 73.1 cm³/mol. The molecule has 0 saturated heterocycles. The lowest BCUT2D eigenvalue weighted by Crippen LogP contribution is -2.54. The highest BCUT2D eigenvalue weighted by Crippen LogP contribution is 2.41. The van der Waals surface area contributed by atoms with Crippen molar-refractivity contribution < 1.29 is 27.1 Å². The van der Waals surface area contributed by atoms with E-state index in [4.69, 9.17) is 0 Å². The summed E-state index contributed by atoms with van der Waals surface area (Å²) in [5.74, 6) is -3.93. The van der Waals surface area contributed by atoms with E-state index < -0.39 is 38.1 Å². The topological polar surface area (TPSA) is 83.5 Å². The summed E-state index contributed by atoms with van der Waals surface area (Å²) in [5, 5.41) is 9.24. The zero-order valence-corrected chi connectivity index (χ0v) is 13.3. The van der Waals surface area contributed by atoms with Crippen molar-refractivity contribution in [3.05, 3.63) is 28.2 Å². The quantitative estimate of drug-likeness (QED) is 0.816. The van der Waals surface area contributed by atoms with Gasteiger partial charge in [0.15, 0.2) is 0 Å². The van der Waals surface area contributed by atoms with Crippen LogP contribution < -0.4 is 4.72 Å². The van der Waals surface area contributed by atoms with E-state index in [1.54, 1.807) is 0 Å². The molecule has 0 heterocycles. The molecule has 1 aromatic rings. The zero-order valence-electron chi connectivity index (χ0n) is 10.9. The molecule has 1 aromatic carbocycles. The lowest BCUT2D eigenvalue weighted by molar-refractivity contribution is -0.144. The van der Waals surface area contributed by atoms with Gasteiger partial charge in [0.05, 0.1) is 0 Å². The van der Waals surface area contributed by atoms with Crippen molar-refractivity contribution in [2.45, 2.75) is 30.2 Å². The Kier molecular flexibility index (Phi) is 4.11. The van der Waals surface area contributed by atoms with E-state index in [1.807, 2.05) is 4.72 Å². The number of sulfonamides is 1. The maximum absolute atomic E-state index is 13.8. The monoisotopic (exact) mass is 383 g/mol. The Morgan fingerprint density at radius 1 is 1.43 bits per heavy atom. The Hall–Kier alpha value is -1.06. The highest BCUT2D eigenvalue weighted by Gasteiger charge is 2.50. The molecule has 1 aliphatic rings. The summed E-state index contributed by atoms with van der Waals surface area (Å²) >= 11 is 2.78. The van der Waals surface area contributed by atoms with Gasteiger partial charge in [0.1, 0.15) is 22.1 Å². The summed E-state index contributed by atoms with van der Waals surface area (Å²) < 4.78 is 53.0. The van der Waals surface area contributed by atoms with Gasteiger partial charge in [-0.05, 0) is 47.7 Å². The van der Waals surface area contributed by atoms with Crippen LogP contribution >= 0.6 is 15.9 Å². The fourth-order valence-corrected chi connectivity index (χ4v) is 4.67. The second-order valence-electron chi connectivity index (χ2n) is 5.09. The first-order valence-electron chi connectivity index (χ1n) is 6.00. The minimum atomic E-state index is -4.47. The van der Waals surface area contributed by atoms with Crippen LogP contribution in [-0.2, 0) is 14.8 Å². The van der Waals surface area contributed by atoms with E-state index in [0.29, 0.717) is 18.9 Å². The summed E-state index contributed by atoms with van der Waals surface area (Å²) in [6.07, 6.45) is 1.14. The summed E-state index contributed by atoms with van der Waals surface area (Å²) in [4.78, 5) is 10.5. The van der Waals surface area contributed by atoms with Crippen LogP contribution in [-0.4, -0.2) is 25.0 Å². The van der Waals surface area contributed by atoms with Crippen LogP contribution in [0.5, 0.6) is 0 Å². The average Bonchev–Trinajstić information content (AvgIpc) is 3.08. The highest BCUT2D eigenvalue weighted by atomic mass is 79.9. The SMILES string of the molecule is CC(NS(=O)(=O)c1c(F)cc(F)cc1Br)(C(=O)O)C1CC1. The lowest BCUT2D eigenvalue weighted by Gasteiger charge is -2.26. The molecule has 9 heteroatoms. The third-order valence-electron chi connectivity index (χ3n) is 3.42. The molecule has 1 aliphatic carbocycles. The second-order valence-corrected chi connectivity index (χ2v) is 7.56. The molecule has 21 heavy (non-hydrogen) atoms. The van der Waals surface area contributed by atoms with E-state index in [1.165, 1.54) is 6.92 Å². The van der Waals surface area contributed by atoms with Crippen molar-refractivity contribution in [2.24, 2.45) is 5.92 Å². The van der Waals surface area contributed by atoms with E-state index in [0.717, 1.165) is 6.07 Å². The van der Waals surface area contributed by atoms with Crippen molar-refractivity contribution in [1.29, 1.82) is 0 Å². The van der Waals surface area contributed by atoms with Crippen molar-refractivity contribution in [1.82, 2.24) is 4.72 Å². The van der Waals surface area contributed by atoms with Gasteiger partial charge in [-0.25, -0.2) is 17.2 Å². The average molecular weight is 384 g/mol. The molecule has 5 nitrogen and oxygen atoms in total. The molecule has 0 radical (unpaired) electrons. The number of carboxylic acids is 1. The molecule has 1 fully saturated rings. The molecule has 2 rings (SSSR count). The summed E-state index contributed by atoms with van der Waals surface area (Å²) in [6.45, 7) is 1.24. The molecule has 116 valence electrons. The van der Waals surface area contributed by atoms with Crippen LogP contribution in [0.1, 0.15) is 19.8 Å². The van der Waals surface area contributed by atoms with Crippen LogP contribution in [0.25, 0.3) is 0 Å². The first-order chi connectivity index (χ1) is 9.58. The Morgan fingerprint density at radius 3 is 2.43 bits per heavy atom. The maximum atomic E-state index is 13.8. The molecular formula is C12H12BrF2NO4S. The number of hydrogen-bond donors (Lipinski definition) is 2. The number of halogens is 3. The number of benzene rings is 1. The van der Waals surface area contributed by atoms with E-state index in [2.05, 4.69) is 15.9 Å². The normalized spacial score (nSPS) is 18.3. The molecule has 0 aliphatic heterocycles. The van der Waals surface area contributed by atoms with Gasteiger partial charge in [0.2, 0.25) is 10.0 Å². The smallest absolute Gasteiger partial charge is 0.324 e. The number of nitrogens with one attached hydrogen (secondary N) is 1. The van der Waals surface area contributed by atoms with Gasteiger partial charge in [-0.1, -0.05) is 0 Å². The Labute approximate surface area is 128 Å². The number of hydrogen-bond acceptors (Lipinski definition) is 3. The largest absolute Gasteiger partial charge is 0.480 e. The van der Waals surface area contributed by atoms with Gasteiger partial charge in [0, 0.05) is 10.5 Å². The van der Waals surface area contributed by atoms with Gasteiger partial charge in [-0.3, -0.25) is 4.79 Å². The second kappa shape index (κ2) is 5.29. The minimum Gasteiger partial charge on any atom is -0.480 e. The number of carboxylic acid groups (broad SMARTS) is 1.